The highest BCUT2D eigenvalue weighted by Crippen LogP contribution is 2.30. The summed E-state index contributed by atoms with van der Waals surface area (Å²) in [5, 5.41) is 5.14. The molecular formula is C19H12F2N2O3S. The number of hydrogen-bond donors (Lipinski definition) is 1. The first-order chi connectivity index (χ1) is 13.0. The van der Waals surface area contributed by atoms with Gasteiger partial charge in [-0.15, -0.1) is 11.3 Å². The van der Waals surface area contributed by atoms with Crippen molar-refractivity contribution >= 4 is 33.1 Å². The van der Waals surface area contributed by atoms with Crippen LogP contribution in [0.25, 0.3) is 22.2 Å². The first-order valence-electron chi connectivity index (χ1n) is 7.84. The predicted octanol–water partition coefficient (Wildman–Crippen LogP) is 4.95. The Morgan fingerprint density at radius 3 is 2.67 bits per heavy atom. The number of aromatic nitrogens is 1. The number of thiazole rings is 1. The first-order valence-corrected chi connectivity index (χ1v) is 8.72. The largest absolute Gasteiger partial charge is 0.497 e. The van der Waals surface area contributed by atoms with Gasteiger partial charge in [0.2, 0.25) is 0 Å². The molecule has 0 radical (unpaired) electrons. The van der Waals surface area contributed by atoms with Crippen molar-refractivity contribution in [2.24, 2.45) is 0 Å². The van der Waals surface area contributed by atoms with Gasteiger partial charge in [-0.25, -0.2) is 18.6 Å². The topological polar surface area (TPSA) is 64.4 Å². The smallest absolute Gasteiger partial charge is 0.345 e. The quantitative estimate of drug-likeness (QED) is 0.503. The minimum absolute atomic E-state index is 0.244. The number of fused-ring (bicyclic) bond motifs is 1. The molecular weight excluding hydrogens is 374 g/mol. The zero-order valence-corrected chi connectivity index (χ0v) is 14.8. The van der Waals surface area contributed by atoms with Gasteiger partial charge in [0.25, 0.3) is 0 Å². The molecule has 5 nitrogen and oxygen atoms in total. The summed E-state index contributed by atoms with van der Waals surface area (Å²) in [5.74, 6) is -0.842. The second-order valence-electron chi connectivity index (χ2n) is 5.61. The van der Waals surface area contributed by atoms with Crippen LogP contribution in [0.3, 0.4) is 0 Å². The summed E-state index contributed by atoms with van der Waals surface area (Å²) in [5.41, 5.74) is 0.161. The summed E-state index contributed by atoms with van der Waals surface area (Å²) in [6.07, 6.45) is 0. The molecule has 8 heteroatoms. The van der Waals surface area contributed by atoms with Gasteiger partial charge >= 0.3 is 5.63 Å². The molecule has 0 aliphatic carbocycles. The Balaban J connectivity index is 1.72. The Morgan fingerprint density at radius 1 is 1.15 bits per heavy atom. The average molecular weight is 386 g/mol. The number of nitrogens with one attached hydrogen (secondary N) is 1. The molecule has 4 rings (SSSR count). The number of nitrogens with zero attached hydrogens (tertiary/aromatic N) is 1. The molecule has 0 spiro atoms. The Hall–Kier alpha value is -3.26. The fourth-order valence-electron chi connectivity index (χ4n) is 2.59. The number of anilines is 2. The molecule has 4 aromatic rings. The van der Waals surface area contributed by atoms with Gasteiger partial charge in [0.15, 0.2) is 5.13 Å². The monoisotopic (exact) mass is 386 g/mol. The lowest BCUT2D eigenvalue weighted by Gasteiger charge is -2.05. The number of para-hydroxylation sites is 1. The number of benzene rings is 2. The minimum Gasteiger partial charge on any atom is -0.497 e. The third kappa shape index (κ3) is 3.26. The van der Waals surface area contributed by atoms with E-state index in [1.54, 1.807) is 36.8 Å². The second-order valence-corrected chi connectivity index (χ2v) is 6.47. The SMILES string of the molecule is COc1ccc2oc(=O)c(-c3csc(Nc4c(F)cccc4F)n3)cc2c1. The van der Waals surface area contributed by atoms with Crippen molar-refractivity contribution in [1.29, 1.82) is 0 Å². The summed E-state index contributed by atoms with van der Waals surface area (Å²) in [4.78, 5) is 16.5. The Kier molecular flexibility index (Phi) is 4.33. The van der Waals surface area contributed by atoms with Gasteiger partial charge in [0.05, 0.1) is 18.4 Å². The molecule has 0 saturated carbocycles. The van der Waals surface area contributed by atoms with Crippen molar-refractivity contribution in [1.82, 2.24) is 4.98 Å². The van der Waals surface area contributed by atoms with Crippen LogP contribution in [0.4, 0.5) is 19.6 Å². The maximum absolute atomic E-state index is 13.8. The lowest BCUT2D eigenvalue weighted by atomic mass is 10.1. The standard InChI is InChI=1S/C19H12F2N2O3S/c1-25-11-5-6-16-10(7-11)8-12(18(24)26-16)15-9-27-19(22-15)23-17-13(20)3-2-4-14(17)21/h2-9H,1H3,(H,22,23). The van der Waals surface area contributed by atoms with Crippen molar-refractivity contribution in [3.05, 3.63) is 69.9 Å². The van der Waals surface area contributed by atoms with E-state index >= 15 is 0 Å². The summed E-state index contributed by atoms with van der Waals surface area (Å²) >= 11 is 1.12. The van der Waals surface area contributed by atoms with E-state index in [0.717, 1.165) is 23.5 Å². The van der Waals surface area contributed by atoms with Crippen LogP contribution in [-0.2, 0) is 0 Å². The van der Waals surface area contributed by atoms with Gasteiger partial charge in [-0.2, -0.15) is 0 Å². The molecule has 0 aliphatic heterocycles. The summed E-state index contributed by atoms with van der Waals surface area (Å²) in [6.45, 7) is 0. The Morgan fingerprint density at radius 2 is 1.93 bits per heavy atom. The minimum atomic E-state index is -0.732. The van der Waals surface area contributed by atoms with E-state index in [9.17, 15) is 13.6 Å². The zero-order valence-electron chi connectivity index (χ0n) is 14.0. The predicted molar refractivity (Wildman–Crippen MR) is 99.8 cm³/mol. The molecule has 27 heavy (non-hydrogen) atoms. The van der Waals surface area contributed by atoms with Gasteiger partial charge in [0, 0.05) is 10.8 Å². The van der Waals surface area contributed by atoms with E-state index in [1.807, 2.05) is 0 Å². The normalized spacial score (nSPS) is 10.9. The van der Waals surface area contributed by atoms with E-state index in [1.165, 1.54) is 6.07 Å². The van der Waals surface area contributed by atoms with Crippen molar-refractivity contribution in [2.75, 3.05) is 12.4 Å². The maximum atomic E-state index is 13.8. The number of methoxy groups -OCH3 is 1. The first kappa shape index (κ1) is 17.2. The Labute approximate surface area is 155 Å². The molecule has 0 aliphatic rings. The highest BCUT2D eigenvalue weighted by Gasteiger charge is 2.14. The zero-order chi connectivity index (χ0) is 19.0. The van der Waals surface area contributed by atoms with Gasteiger partial charge in [-0.05, 0) is 36.4 Å². The summed E-state index contributed by atoms with van der Waals surface area (Å²) in [6, 6.07) is 10.3. The van der Waals surface area contributed by atoms with Crippen molar-refractivity contribution in [3.8, 4) is 17.0 Å². The maximum Gasteiger partial charge on any atom is 0.345 e. The third-order valence-corrected chi connectivity index (χ3v) is 4.67. The van der Waals surface area contributed by atoms with Gasteiger partial charge in [-0.1, -0.05) is 6.07 Å². The molecule has 0 saturated heterocycles. The molecule has 1 N–H and O–H groups in total. The van der Waals surface area contributed by atoms with Crippen LogP contribution in [0.2, 0.25) is 0 Å². The van der Waals surface area contributed by atoms with Gasteiger partial charge in [-0.3, -0.25) is 0 Å². The lowest BCUT2D eigenvalue weighted by molar-refractivity contribution is 0.415. The van der Waals surface area contributed by atoms with E-state index in [2.05, 4.69) is 10.3 Å². The number of hydrogen-bond acceptors (Lipinski definition) is 6. The number of halogens is 2. The molecule has 0 atom stereocenters. The molecule has 2 aromatic heterocycles. The third-order valence-electron chi connectivity index (χ3n) is 3.91. The lowest BCUT2D eigenvalue weighted by Crippen LogP contribution is -2.03. The number of ether oxygens (including phenoxy) is 1. The second kappa shape index (κ2) is 6.81. The molecule has 0 bridgehead atoms. The average Bonchev–Trinajstić information content (AvgIpc) is 3.12. The summed E-state index contributed by atoms with van der Waals surface area (Å²) < 4.78 is 38.0. The van der Waals surface area contributed by atoms with Crippen LogP contribution in [-0.4, -0.2) is 12.1 Å². The highest BCUT2D eigenvalue weighted by atomic mass is 32.1. The molecule has 0 unspecified atom stereocenters. The molecule has 136 valence electrons. The van der Waals surface area contributed by atoms with E-state index in [-0.39, 0.29) is 16.4 Å². The van der Waals surface area contributed by atoms with E-state index in [0.29, 0.717) is 22.4 Å². The van der Waals surface area contributed by atoms with E-state index in [4.69, 9.17) is 9.15 Å². The van der Waals surface area contributed by atoms with Gasteiger partial charge < -0.3 is 14.5 Å². The van der Waals surface area contributed by atoms with E-state index < -0.39 is 17.3 Å². The molecule has 0 fully saturated rings. The summed E-state index contributed by atoms with van der Waals surface area (Å²) in [7, 11) is 1.54. The molecule has 2 aromatic carbocycles. The highest BCUT2D eigenvalue weighted by molar-refractivity contribution is 7.14. The fraction of sp³-hybridized carbons (Fsp3) is 0.0526. The molecule has 2 heterocycles. The van der Waals surface area contributed by atoms with Crippen molar-refractivity contribution in [2.45, 2.75) is 0 Å². The Bertz CT molecular complexity index is 1180. The van der Waals surface area contributed by atoms with Crippen molar-refractivity contribution in [3.63, 3.8) is 0 Å². The number of rotatable bonds is 4. The van der Waals surface area contributed by atoms with Gasteiger partial charge in [0.1, 0.15) is 28.7 Å². The van der Waals surface area contributed by atoms with Crippen molar-refractivity contribution < 1.29 is 17.9 Å². The molecule has 0 amide bonds. The van der Waals surface area contributed by atoms with Crippen LogP contribution in [0, 0.1) is 11.6 Å². The van der Waals surface area contributed by atoms with Crippen LogP contribution in [0.15, 0.2) is 57.1 Å². The van der Waals surface area contributed by atoms with Crippen LogP contribution in [0.1, 0.15) is 0 Å². The fourth-order valence-corrected chi connectivity index (χ4v) is 3.30. The van der Waals surface area contributed by atoms with Crippen LogP contribution < -0.4 is 15.7 Å². The van der Waals surface area contributed by atoms with Crippen LogP contribution >= 0.6 is 11.3 Å². The van der Waals surface area contributed by atoms with Crippen LogP contribution in [0.5, 0.6) is 5.75 Å².